The maximum absolute atomic E-state index is 14.4. The van der Waals surface area contributed by atoms with Crippen LogP contribution in [-0.4, -0.2) is 90.3 Å². The Hall–Kier alpha value is -3.88. The number of nitrogens with zero attached hydrogens (tertiary/aromatic N) is 2. The van der Waals surface area contributed by atoms with Crippen molar-refractivity contribution in [2.24, 2.45) is 5.92 Å². The number of ether oxygens (including phenoxy) is 4. The molecule has 0 spiro atoms. The number of carboxylic acid groups (broad SMARTS) is 1. The monoisotopic (exact) mass is 714 g/mol. The zero-order valence-electron chi connectivity index (χ0n) is 29.3. The number of rotatable bonds is 7. The number of esters is 1. The zero-order valence-corrected chi connectivity index (χ0v) is 31.3. The molecule has 6 rings (SSSR count). The van der Waals surface area contributed by atoms with E-state index in [1.54, 1.807) is 18.2 Å². The van der Waals surface area contributed by atoms with E-state index >= 15 is 0 Å². The molecule has 1 aromatic heterocycles. The first-order valence-electron chi connectivity index (χ1n) is 17.3. The predicted octanol–water partition coefficient (Wildman–Crippen LogP) is -0.435. The minimum absolute atomic E-state index is 0. The van der Waals surface area contributed by atoms with Gasteiger partial charge in [0.15, 0.2) is 0 Å². The Morgan fingerprint density at radius 2 is 1.78 bits per heavy atom. The van der Waals surface area contributed by atoms with Crippen LogP contribution < -0.4 is 54.8 Å². The van der Waals surface area contributed by atoms with Crippen molar-refractivity contribution in [1.29, 1.82) is 0 Å². The second-order valence-corrected chi connectivity index (χ2v) is 13.5. The number of alkyl carbamates (subject to hydrolysis) is 1. The van der Waals surface area contributed by atoms with Crippen molar-refractivity contribution < 1.29 is 77.6 Å². The van der Waals surface area contributed by atoms with Gasteiger partial charge in [-0.05, 0) is 63.5 Å². The summed E-state index contributed by atoms with van der Waals surface area (Å²) < 4.78 is 22.4. The number of hydrogen-bond donors (Lipinski definition) is 2. The molecule has 5 atom stereocenters. The number of carbonyl (C=O) groups is 5. The molecule has 3 fully saturated rings. The average Bonchev–Trinajstić information content (AvgIpc) is 3.38. The van der Waals surface area contributed by atoms with Crippen LogP contribution in [0.1, 0.15) is 81.1 Å². The summed E-state index contributed by atoms with van der Waals surface area (Å²) in [6.45, 7) is -0.0536. The molecule has 1 saturated heterocycles. The molecule has 3 amide bonds. The molecule has 3 heterocycles. The van der Waals surface area contributed by atoms with Gasteiger partial charge in [-0.1, -0.05) is 25.0 Å². The van der Waals surface area contributed by atoms with Gasteiger partial charge in [0.25, 0.3) is 0 Å². The van der Waals surface area contributed by atoms with Crippen LogP contribution >= 0.6 is 0 Å². The number of fused-ring (bicyclic) bond motifs is 3. The van der Waals surface area contributed by atoms with Crippen molar-refractivity contribution in [2.75, 3.05) is 20.8 Å². The Kier molecular flexibility index (Phi) is 12.5. The van der Waals surface area contributed by atoms with Gasteiger partial charge in [-0.25, -0.2) is 14.6 Å². The first-order chi connectivity index (χ1) is 24.1. The smallest absolute Gasteiger partial charge is 0.543 e. The quantitative estimate of drug-likeness (QED) is 0.215. The van der Waals surface area contributed by atoms with Gasteiger partial charge in [0.2, 0.25) is 11.8 Å². The van der Waals surface area contributed by atoms with Gasteiger partial charge in [-0.15, -0.1) is 0 Å². The van der Waals surface area contributed by atoms with Crippen LogP contribution in [0, 0.1) is 5.92 Å². The number of benzene rings is 1. The summed E-state index contributed by atoms with van der Waals surface area (Å²) in [4.78, 5) is 71.9. The first kappa shape index (κ1) is 38.4. The zero-order chi connectivity index (χ0) is 35.4. The molecule has 1 aromatic carbocycles. The van der Waals surface area contributed by atoms with Gasteiger partial charge in [0.05, 0.1) is 37.9 Å². The summed E-state index contributed by atoms with van der Waals surface area (Å²) in [6, 6.07) is 4.13. The number of pyridine rings is 1. The number of carbonyl (C=O) groups excluding carboxylic acids is 5. The van der Waals surface area contributed by atoms with Crippen LogP contribution in [0.2, 0.25) is 0 Å². The van der Waals surface area contributed by atoms with Crippen molar-refractivity contribution in [3.63, 3.8) is 0 Å². The van der Waals surface area contributed by atoms with Crippen LogP contribution in [0.25, 0.3) is 10.9 Å². The fourth-order valence-corrected chi connectivity index (χ4v) is 7.33. The van der Waals surface area contributed by atoms with Crippen molar-refractivity contribution in [2.45, 2.75) is 100 Å². The number of allylic oxidation sites excluding steroid dienone is 1. The summed E-state index contributed by atoms with van der Waals surface area (Å²) in [6.07, 6.45) is 9.53. The van der Waals surface area contributed by atoms with Gasteiger partial charge < -0.3 is 44.4 Å². The van der Waals surface area contributed by atoms with Crippen molar-refractivity contribution >= 4 is 40.7 Å². The van der Waals surface area contributed by atoms with Crippen LogP contribution in [0.4, 0.5) is 4.79 Å². The molecule has 2 aliphatic carbocycles. The minimum Gasteiger partial charge on any atom is -0.543 e. The number of aromatic carboxylic acids is 1. The number of amides is 3. The SMILES string of the molecule is COC(=O)[C@@]12CC1/C=C\CCCCC[C@H](NC(=O)OC1CCCC1)C(=O)N1C[C@H](Oc3cc(C(=O)[O-])nc4cc(OC)ccc34)C[C@H]1C(=O)N2.[Na+]. The van der Waals surface area contributed by atoms with E-state index < -0.39 is 53.6 Å². The van der Waals surface area contributed by atoms with E-state index in [0.29, 0.717) is 35.9 Å². The Labute approximate surface area is 318 Å². The standard InChI is InChI=1S/C36H44N4O10.Na/c1-47-23-14-15-25-27(16-23)37-28(33(43)44)18-30(25)49-24-17-29-31(41)39-36(34(45)48-2)19-21(36)10-6-4-3-5-7-13-26(32(42)40(29)20-24)38-35(46)50-22-11-8-9-12-22;/h6,10,14-16,18,21-22,24,26,29H,3-5,7-9,11-13,17,19-20H2,1-2H3,(H,38,46)(H,39,41)(H,43,44);/q;+1/p-1/b10-6-;/t21?,24-,26+,29+,36-;/m1./s1. The van der Waals surface area contributed by atoms with E-state index in [1.807, 2.05) is 12.2 Å². The summed E-state index contributed by atoms with van der Waals surface area (Å²) in [5, 5.41) is 18.0. The van der Waals surface area contributed by atoms with Gasteiger partial charge >= 0.3 is 41.6 Å². The molecule has 4 aliphatic rings. The van der Waals surface area contributed by atoms with Crippen LogP contribution in [0.5, 0.6) is 11.5 Å². The molecular weight excluding hydrogens is 671 g/mol. The van der Waals surface area contributed by atoms with Gasteiger partial charge in [0, 0.05) is 29.9 Å². The largest absolute Gasteiger partial charge is 1.00 e. The third-order valence-corrected chi connectivity index (χ3v) is 10.1. The van der Waals surface area contributed by atoms with Crippen LogP contribution in [0.15, 0.2) is 36.4 Å². The third-order valence-electron chi connectivity index (χ3n) is 10.1. The molecule has 51 heavy (non-hydrogen) atoms. The molecule has 2 saturated carbocycles. The van der Waals surface area contributed by atoms with Crippen molar-refractivity contribution in [3.05, 3.63) is 42.1 Å². The Morgan fingerprint density at radius 1 is 1.02 bits per heavy atom. The molecule has 14 nitrogen and oxygen atoms in total. The fraction of sp³-hybridized carbons (Fsp3) is 0.556. The molecule has 268 valence electrons. The molecule has 15 heteroatoms. The molecule has 1 unspecified atom stereocenters. The topological polar surface area (TPSA) is 186 Å². The van der Waals surface area contributed by atoms with Crippen LogP contribution in [-0.2, 0) is 23.9 Å². The number of nitrogens with one attached hydrogen (secondary N) is 2. The van der Waals surface area contributed by atoms with E-state index in [0.717, 1.165) is 44.9 Å². The van der Waals surface area contributed by atoms with Gasteiger partial charge in [-0.3, -0.25) is 9.59 Å². The Bertz CT molecular complexity index is 1680. The van der Waals surface area contributed by atoms with Crippen molar-refractivity contribution in [1.82, 2.24) is 20.5 Å². The number of aromatic nitrogens is 1. The summed E-state index contributed by atoms with van der Waals surface area (Å²) in [5.41, 5.74) is -1.33. The van der Waals surface area contributed by atoms with E-state index in [-0.39, 0.29) is 66.0 Å². The number of hydrogen-bond acceptors (Lipinski definition) is 11. The maximum atomic E-state index is 14.4. The molecule has 0 radical (unpaired) electrons. The second-order valence-electron chi connectivity index (χ2n) is 13.5. The Morgan fingerprint density at radius 3 is 2.51 bits per heavy atom. The summed E-state index contributed by atoms with van der Waals surface area (Å²) >= 11 is 0. The summed E-state index contributed by atoms with van der Waals surface area (Å²) in [7, 11) is 2.74. The van der Waals surface area contributed by atoms with E-state index in [2.05, 4.69) is 15.6 Å². The average molecular weight is 715 g/mol. The van der Waals surface area contributed by atoms with E-state index in [4.69, 9.17) is 18.9 Å². The normalized spacial score (nSPS) is 27.4. The van der Waals surface area contributed by atoms with E-state index in [1.165, 1.54) is 25.2 Å². The molecule has 2 aliphatic heterocycles. The predicted molar refractivity (Wildman–Crippen MR) is 176 cm³/mol. The number of methoxy groups -OCH3 is 2. The first-order valence-corrected chi connectivity index (χ1v) is 17.3. The second kappa shape index (κ2) is 16.6. The molecule has 0 bridgehead atoms. The van der Waals surface area contributed by atoms with Gasteiger partial charge in [0.1, 0.15) is 41.3 Å². The van der Waals surface area contributed by atoms with Crippen molar-refractivity contribution in [3.8, 4) is 11.5 Å². The Balaban J connectivity index is 0.00000504. The summed E-state index contributed by atoms with van der Waals surface area (Å²) in [5.74, 6) is -2.75. The molecular formula is C36H43N4NaO10. The maximum Gasteiger partial charge on any atom is 1.00 e. The number of carboxylic acids is 1. The minimum atomic E-state index is -1.51. The third kappa shape index (κ3) is 8.61. The van der Waals surface area contributed by atoms with Gasteiger partial charge in [-0.2, -0.15) is 0 Å². The molecule has 2 aromatic rings. The molecule has 2 N–H and O–H groups in total. The van der Waals surface area contributed by atoms with E-state index in [9.17, 15) is 29.1 Å². The van der Waals surface area contributed by atoms with Crippen LogP contribution in [0.3, 0.4) is 0 Å². The fourth-order valence-electron chi connectivity index (χ4n) is 7.33.